The molecule has 1 aromatic rings. The largest absolute Gasteiger partial charge is 0.398 e. The molecule has 0 radical (unpaired) electrons. The molecule has 14 heavy (non-hydrogen) atoms. The number of halogens is 4. The normalized spacial score (nSPS) is 14.1. The van der Waals surface area contributed by atoms with Crippen LogP contribution in [0.3, 0.4) is 0 Å². The van der Waals surface area contributed by atoms with Gasteiger partial charge in [0.2, 0.25) is 0 Å². The van der Waals surface area contributed by atoms with Crippen molar-refractivity contribution in [3.8, 4) is 0 Å². The molecule has 0 aliphatic rings. The molecular formula is C8H7Cl2F2NO. The Bertz CT molecular complexity index is 341. The van der Waals surface area contributed by atoms with Crippen LogP contribution in [-0.4, -0.2) is 10.5 Å². The third-order valence-electron chi connectivity index (χ3n) is 1.65. The van der Waals surface area contributed by atoms with Crippen molar-refractivity contribution < 1.29 is 13.9 Å². The van der Waals surface area contributed by atoms with Gasteiger partial charge in [0.05, 0.1) is 0 Å². The van der Waals surface area contributed by atoms with Gasteiger partial charge >= 0.3 is 5.38 Å². The van der Waals surface area contributed by atoms with E-state index in [0.29, 0.717) is 0 Å². The third kappa shape index (κ3) is 2.47. The van der Waals surface area contributed by atoms with E-state index in [1.165, 1.54) is 12.1 Å². The fraction of sp³-hybridized carbons (Fsp3) is 0.250. The topological polar surface area (TPSA) is 46.2 Å². The van der Waals surface area contributed by atoms with Crippen LogP contribution < -0.4 is 5.73 Å². The highest BCUT2D eigenvalue weighted by molar-refractivity contribution is 6.30. The summed E-state index contributed by atoms with van der Waals surface area (Å²) in [4.78, 5) is 0. The predicted molar refractivity (Wildman–Crippen MR) is 51.6 cm³/mol. The fourth-order valence-electron chi connectivity index (χ4n) is 0.959. The first-order chi connectivity index (χ1) is 6.32. The number of rotatable bonds is 2. The number of hydrogen-bond donors (Lipinski definition) is 2. The standard InChI is InChI=1S/C8H7Cl2F2NO/c9-4-1-2-6(13)5(3-4)7(14)8(10,11)12/h1-3,7,14H,13H2. The molecule has 1 unspecified atom stereocenters. The summed E-state index contributed by atoms with van der Waals surface area (Å²) in [6.45, 7) is 0. The third-order valence-corrected chi connectivity index (χ3v) is 2.10. The number of nitrogens with two attached hydrogens (primary N) is 1. The first kappa shape index (κ1) is 11.5. The van der Waals surface area contributed by atoms with Crippen molar-refractivity contribution in [2.45, 2.75) is 11.5 Å². The molecule has 1 rings (SSSR count). The van der Waals surface area contributed by atoms with E-state index in [4.69, 9.17) is 22.4 Å². The van der Waals surface area contributed by atoms with Crippen molar-refractivity contribution in [3.63, 3.8) is 0 Å². The Hall–Kier alpha value is -0.580. The van der Waals surface area contributed by atoms with Gasteiger partial charge in [0.25, 0.3) is 0 Å². The Labute approximate surface area is 89.2 Å². The Morgan fingerprint density at radius 2 is 2.00 bits per heavy atom. The number of aliphatic hydroxyl groups excluding tert-OH is 1. The van der Waals surface area contributed by atoms with E-state index in [2.05, 4.69) is 11.6 Å². The first-order valence-electron chi connectivity index (χ1n) is 3.62. The highest BCUT2D eigenvalue weighted by Gasteiger charge is 2.37. The van der Waals surface area contributed by atoms with E-state index in [9.17, 15) is 8.78 Å². The van der Waals surface area contributed by atoms with Crippen molar-refractivity contribution in [3.05, 3.63) is 28.8 Å². The number of benzene rings is 1. The van der Waals surface area contributed by atoms with Gasteiger partial charge in [-0.15, -0.1) is 0 Å². The van der Waals surface area contributed by atoms with Gasteiger partial charge in [0, 0.05) is 16.3 Å². The second-order valence-electron chi connectivity index (χ2n) is 2.72. The second-order valence-corrected chi connectivity index (χ2v) is 3.66. The number of aliphatic hydroxyl groups is 1. The summed E-state index contributed by atoms with van der Waals surface area (Å²) in [5, 5.41) is 5.58. The molecule has 6 heteroatoms. The van der Waals surface area contributed by atoms with E-state index < -0.39 is 11.5 Å². The maximum absolute atomic E-state index is 12.5. The minimum absolute atomic E-state index is 0.0159. The molecule has 78 valence electrons. The maximum Gasteiger partial charge on any atom is 0.351 e. The van der Waals surface area contributed by atoms with Crippen molar-refractivity contribution >= 4 is 28.9 Å². The van der Waals surface area contributed by atoms with Gasteiger partial charge in [-0.05, 0) is 29.8 Å². The highest BCUT2D eigenvalue weighted by Crippen LogP contribution is 2.37. The molecule has 1 atom stereocenters. The van der Waals surface area contributed by atoms with Gasteiger partial charge in [-0.1, -0.05) is 11.6 Å². The van der Waals surface area contributed by atoms with Crippen molar-refractivity contribution in [2.24, 2.45) is 0 Å². The van der Waals surface area contributed by atoms with Crippen LogP contribution in [0.2, 0.25) is 5.02 Å². The number of anilines is 1. The van der Waals surface area contributed by atoms with Gasteiger partial charge in [0.1, 0.15) is 0 Å². The molecule has 0 heterocycles. The summed E-state index contributed by atoms with van der Waals surface area (Å²) >= 11 is 10.2. The molecule has 0 saturated carbocycles. The van der Waals surface area contributed by atoms with Crippen molar-refractivity contribution in [1.29, 1.82) is 0 Å². The molecule has 0 spiro atoms. The summed E-state index contributed by atoms with van der Waals surface area (Å²) in [7, 11) is 0. The Kier molecular flexibility index (Phi) is 3.19. The number of alkyl halides is 3. The van der Waals surface area contributed by atoms with Crippen LogP contribution in [0.25, 0.3) is 0 Å². The van der Waals surface area contributed by atoms with Crippen LogP contribution in [0.15, 0.2) is 18.2 Å². The molecule has 3 N–H and O–H groups in total. The van der Waals surface area contributed by atoms with Crippen LogP contribution >= 0.6 is 23.2 Å². The average Bonchev–Trinajstić information content (AvgIpc) is 2.06. The second kappa shape index (κ2) is 3.88. The van der Waals surface area contributed by atoms with Gasteiger partial charge in [-0.2, -0.15) is 8.78 Å². The SMILES string of the molecule is Nc1ccc(Cl)cc1C(O)C(F)(F)Cl. The number of hydrogen-bond acceptors (Lipinski definition) is 2. The van der Waals surface area contributed by atoms with Crippen molar-refractivity contribution in [2.75, 3.05) is 5.73 Å². The first-order valence-corrected chi connectivity index (χ1v) is 4.37. The van der Waals surface area contributed by atoms with E-state index in [1.807, 2.05) is 0 Å². The smallest absolute Gasteiger partial charge is 0.351 e. The van der Waals surface area contributed by atoms with Gasteiger partial charge in [-0.25, -0.2) is 0 Å². The Morgan fingerprint density at radius 3 is 2.50 bits per heavy atom. The molecule has 0 aliphatic carbocycles. The van der Waals surface area contributed by atoms with E-state index in [-0.39, 0.29) is 16.3 Å². The van der Waals surface area contributed by atoms with Crippen LogP contribution in [0.4, 0.5) is 14.5 Å². The Balaban J connectivity index is 3.12. The lowest BCUT2D eigenvalue weighted by Gasteiger charge is -2.17. The van der Waals surface area contributed by atoms with E-state index >= 15 is 0 Å². The average molecular weight is 242 g/mol. The molecule has 0 aliphatic heterocycles. The summed E-state index contributed by atoms with van der Waals surface area (Å²) in [5.74, 6) is 0. The molecule has 1 aromatic carbocycles. The van der Waals surface area contributed by atoms with Crippen molar-refractivity contribution in [1.82, 2.24) is 0 Å². The lowest BCUT2D eigenvalue weighted by Crippen LogP contribution is -2.20. The predicted octanol–water partition coefficient (Wildman–Crippen LogP) is 2.79. The Morgan fingerprint density at radius 1 is 1.43 bits per heavy atom. The minimum atomic E-state index is -3.77. The molecule has 0 aromatic heterocycles. The quantitative estimate of drug-likeness (QED) is 0.618. The summed E-state index contributed by atoms with van der Waals surface area (Å²) in [6, 6.07) is 3.90. The lowest BCUT2D eigenvalue weighted by molar-refractivity contribution is -0.0420. The van der Waals surface area contributed by atoms with Gasteiger partial charge in [-0.3, -0.25) is 0 Å². The van der Waals surface area contributed by atoms with Crippen LogP contribution in [0.1, 0.15) is 11.7 Å². The summed E-state index contributed by atoms with van der Waals surface area (Å²) in [5.41, 5.74) is 5.21. The molecular weight excluding hydrogens is 235 g/mol. The van der Waals surface area contributed by atoms with E-state index in [1.54, 1.807) is 0 Å². The molecule has 0 amide bonds. The zero-order chi connectivity index (χ0) is 10.9. The maximum atomic E-state index is 12.5. The van der Waals surface area contributed by atoms with E-state index in [0.717, 1.165) is 6.07 Å². The summed E-state index contributed by atoms with van der Waals surface area (Å²) in [6.07, 6.45) is -2.16. The highest BCUT2D eigenvalue weighted by atomic mass is 35.5. The number of nitrogen functional groups attached to an aromatic ring is 1. The molecule has 0 fully saturated rings. The molecule has 0 bridgehead atoms. The fourth-order valence-corrected chi connectivity index (χ4v) is 1.26. The van der Waals surface area contributed by atoms with Gasteiger partial charge < -0.3 is 10.8 Å². The minimum Gasteiger partial charge on any atom is -0.398 e. The molecule has 0 saturated heterocycles. The van der Waals surface area contributed by atoms with Crippen LogP contribution in [0, 0.1) is 0 Å². The lowest BCUT2D eigenvalue weighted by atomic mass is 10.1. The molecule has 2 nitrogen and oxygen atoms in total. The van der Waals surface area contributed by atoms with Crippen LogP contribution in [-0.2, 0) is 0 Å². The zero-order valence-electron chi connectivity index (χ0n) is 6.85. The van der Waals surface area contributed by atoms with Crippen LogP contribution in [0.5, 0.6) is 0 Å². The summed E-state index contributed by atoms with van der Waals surface area (Å²) < 4.78 is 25.1. The monoisotopic (exact) mass is 241 g/mol. The zero-order valence-corrected chi connectivity index (χ0v) is 8.36. The van der Waals surface area contributed by atoms with Gasteiger partial charge in [0.15, 0.2) is 6.10 Å².